The normalized spacial score (nSPS) is 21.8. The molecule has 104 valence electrons. The topological polar surface area (TPSA) is 129 Å². The minimum Gasteiger partial charge on any atom is -0.477 e. The molecule has 3 N–H and O–H groups in total. The number of carboxylic acid groups (broad SMARTS) is 1. The molecule has 0 saturated carbocycles. The van der Waals surface area contributed by atoms with Gasteiger partial charge in [-0.2, -0.15) is 0 Å². The Morgan fingerprint density at radius 2 is 2.21 bits per heavy atom. The van der Waals surface area contributed by atoms with Crippen molar-refractivity contribution in [1.82, 2.24) is 15.3 Å². The summed E-state index contributed by atoms with van der Waals surface area (Å²) in [6, 6.07) is -0.496. The number of aromatic amines is 1. The van der Waals surface area contributed by atoms with E-state index in [1.54, 1.807) is 0 Å². The molecule has 0 aromatic carbocycles. The van der Waals surface area contributed by atoms with Crippen molar-refractivity contribution in [2.75, 3.05) is 11.5 Å². The van der Waals surface area contributed by atoms with Crippen molar-refractivity contribution < 1.29 is 23.1 Å². The molecule has 9 heteroatoms. The van der Waals surface area contributed by atoms with E-state index in [1.165, 1.54) is 0 Å². The third-order valence-electron chi connectivity index (χ3n) is 2.87. The van der Waals surface area contributed by atoms with E-state index >= 15 is 0 Å². The average molecular weight is 287 g/mol. The number of imidazole rings is 1. The number of nitrogens with one attached hydrogen (secondary N) is 2. The van der Waals surface area contributed by atoms with Gasteiger partial charge in [0.1, 0.15) is 0 Å². The van der Waals surface area contributed by atoms with Crippen LogP contribution in [0.25, 0.3) is 0 Å². The predicted octanol–water partition coefficient (Wildman–Crippen LogP) is -0.585. The van der Waals surface area contributed by atoms with Gasteiger partial charge >= 0.3 is 5.97 Å². The minimum atomic E-state index is -3.13. The number of carbonyl (C=O) groups excluding carboxylic acids is 1. The van der Waals surface area contributed by atoms with Crippen LogP contribution >= 0.6 is 0 Å². The summed E-state index contributed by atoms with van der Waals surface area (Å²) in [5.74, 6) is -1.96. The summed E-state index contributed by atoms with van der Waals surface area (Å²) in [7, 11) is -3.13. The molecule has 1 unspecified atom stereocenters. The summed E-state index contributed by atoms with van der Waals surface area (Å²) >= 11 is 0. The SMILES string of the molecule is O=C(NC1CCCS(=O)(=O)C1)c1nc[nH]c1C(=O)O. The van der Waals surface area contributed by atoms with E-state index in [1.807, 2.05) is 0 Å². The van der Waals surface area contributed by atoms with E-state index in [-0.39, 0.29) is 22.9 Å². The van der Waals surface area contributed by atoms with Gasteiger partial charge in [-0.3, -0.25) is 4.79 Å². The van der Waals surface area contributed by atoms with Crippen molar-refractivity contribution in [3.05, 3.63) is 17.7 Å². The highest BCUT2D eigenvalue weighted by Gasteiger charge is 2.28. The van der Waals surface area contributed by atoms with Crippen molar-refractivity contribution >= 4 is 21.7 Å². The van der Waals surface area contributed by atoms with Gasteiger partial charge in [0.25, 0.3) is 5.91 Å². The molecule has 2 rings (SSSR count). The molecule has 0 spiro atoms. The van der Waals surface area contributed by atoms with Crippen LogP contribution in [0.15, 0.2) is 6.33 Å². The number of hydrogen-bond acceptors (Lipinski definition) is 5. The maximum Gasteiger partial charge on any atom is 0.354 e. The van der Waals surface area contributed by atoms with E-state index in [0.29, 0.717) is 12.8 Å². The molecule has 1 fully saturated rings. The van der Waals surface area contributed by atoms with E-state index in [9.17, 15) is 18.0 Å². The molecule has 19 heavy (non-hydrogen) atoms. The Hall–Kier alpha value is -1.90. The van der Waals surface area contributed by atoms with Gasteiger partial charge in [-0.25, -0.2) is 18.2 Å². The van der Waals surface area contributed by atoms with Gasteiger partial charge in [0.05, 0.1) is 17.8 Å². The number of aromatic nitrogens is 2. The van der Waals surface area contributed by atoms with Gasteiger partial charge in [-0.05, 0) is 12.8 Å². The first kappa shape index (κ1) is 13.5. The van der Waals surface area contributed by atoms with Crippen LogP contribution in [-0.2, 0) is 9.84 Å². The Kier molecular flexibility index (Phi) is 3.56. The lowest BCUT2D eigenvalue weighted by molar-refractivity contribution is 0.0684. The third-order valence-corrected chi connectivity index (χ3v) is 4.69. The summed E-state index contributed by atoms with van der Waals surface area (Å²) in [5.41, 5.74) is -0.549. The smallest absolute Gasteiger partial charge is 0.354 e. The van der Waals surface area contributed by atoms with E-state index in [4.69, 9.17) is 5.11 Å². The minimum absolute atomic E-state index is 0.119. The molecule has 0 aliphatic carbocycles. The third kappa shape index (κ3) is 3.11. The van der Waals surface area contributed by atoms with Crippen molar-refractivity contribution in [3.8, 4) is 0 Å². The van der Waals surface area contributed by atoms with Gasteiger partial charge in [0.2, 0.25) is 0 Å². The van der Waals surface area contributed by atoms with Crippen molar-refractivity contribution in [3.63, 3.8) is 0 Å². The second kappa shape index (κ2) is 5.00. The molecular weight excluding hydrogens is 274 g/mol. The van der Waals surface area contributed by atoms with Crippen LogP contribution in [-0.4, -0.2) is 52.9 Å². The second-order valence-corrected chi connectivity index (χ2v) is 6.59. The van der Waals surface area contributed by atoms with E-state index in [0.717, 1.165) is 6.33 Å². The molecule has 1 aliphatic heterocycles. The predicted molar refractivity (Wildman–Crippen MR) is 64.7 cm³/mol. The molecule has 1 amide bonds. The first-order valence-electron chi connectivity index (χ1n) is 5.67. The van der Waals surface area contributed by atoms with Gasteiger partial charge in [-0.1, -0.05) is 0 Å². The zero-order valence-corrected chi connectivity index (χ0v) is 10.7. The fourth-order valence-electron chi connectivity index (χ4n) is 2.02. The highest BCUT2D eigenvalue weighted by molar-refractivity contribution is 7.91. The van der Waals surface area contributed by atoms with Crippen LogP contribution in [0.2, 0.25) is 0 Å². The monoisotopic (exact) mass is 287 g/mol. The summed E-state index contributed by atoms with van der Waals surface area (Å²) in [6.07, 6.45) is 2.15. The van der Waals surface area contributed by atoms with Gasteiger partial charge in [0.15, 0.2) is 21.2 Å². The lowest BCUT2D eigenvalue weighted by Crippen LogP contribution is -2.43. The molecule has 1 aromatic heterocycles. The lowest BCUT2D eigenvalue weighted by atomic mass is 10.2. The van der Waals surface area contributed by atoms with E-state index in [2.05, 4.69) is 15.3 Å². The van der Waals surface area contributed by atoms with Crippen molar-refractivity contribution in [2.24, 2.45) is 0 Å². The summed E-state index contributed by atoms with van der Waals surface area (Å²) in [6.45, 7) is 0. The molecule has 8 nitrogen and oxygen atoms in total. The molecule has 1 atom stereocenters. The Balaban J connectivity index is 2.09. The number of nitrogens with zero attached hydrogens (tertiary/aromatic N) is 1. The van der Waals surface area contributed by atoms with Gasteiger partial charge in [0, 0.05) is 6.04 Å². The first-order valence-corrected chi connectivity index (χ1v) is 7.49. The fourth-order valence-corrected chi connectivity index (χ4v) is 3.66. The van der Waals surface area contributed by atoms with Crippen LogP contribution in [0.4, 0.5) is 0 Å². The largest absolute Gasteiger partial charge is 0.477 e. The number of carboxylic acids is 1. The number of rotatable bonds is 3. The molecule has 0 bridgehead atoms. The first-order chi connectivity index (χ1) is 8.89. The molecule has 1 aromatic rings. The Bertz CT molecular complexity index is 606. The van der Waals surface area contributed by atoms with Gasteiger partial charge < -0.3 is 15.4 Å². The lowest BCUT2D eigenvalue weighted by Gasteiger charge is -2.22. The standard InChI is InChI=1S/C10H13N3O5S/c14-9(7-8(10(15)16)12-5-11-7)13-6-2-1-3-19(17,18)4-6/h5-6H,1-4H2,(H,11,12)(H,13,14)(H,15,16). The average Bonchev–Trinajstić information content (AvgIpc) is 2.76. The molecule has 2 heterocycles. The maximum absolute atomic E-state index is 11.9. The van der Waals surface area contributed by atoms with E-state index < -0.39 is 27.8 Å². The Morgan fingerprint density at radius 1 is 1.47 bits per heavy atom. The quantitative estimate of drug-likeness (QED) is 0.681. The van der Waals surface area contributed by atoms with Crippen LogP contribution < -0.4 is 5.32 Å². The number of hydrogen-bond donors (Lipinski definition) is 3. The Labute approximate surface area is 109 Å². The zero-order chi connectivity index (χ0) is 14.0. The molecule has 1 saturated heterocycles. The maximum atomic E-state index is 11.9. The zero-order valence-electron chi connectivity index (χ0n) is 9.92. The van der Waals surface area contributed by atoms with Crippen LogP contribution in [0.1, 0.15) is 33.8 Å². The second-order valence-electron chi connectivity index (χ2n) is 4.36. The fraction of sp³-hybridized carbons (Fsp3) is 0.500. The number of amides is 1. The molecule has 1 aliphatic rings. The summed E-state index contributed by atoms with van der Waals surface area (Å²) in [5, 5.41) is 11.4. The number of sulfone groups is 1. The highest BCUT2D eigenvalue weighted by atomic mass is 32.2. The summed E-state index contributed by atoms with van der Waals surface area (Å²) < 4.78 is 22.9. The number of aromatic carboxylic acids is 1. The summed E-state index contributed by atoms with van der Waals surface area (Å²) in [4.78, 5) is 28.7. The molecule has 0 radical (unpaired) electrons. The van der Waals surface area contributed by atoms with Crippen LogP contribution in [0.5, 0.6) is 0 Å². The van der Waals surface area contributed by atoms with Crippen LogP contribution in [0, 0.1) is 0 Å². The number of H-pyrrole nitrogens is 1. The molecular formula is C10H13N3O5S. The van der Waals surface area contributed by atoms with Crippen molar-refractivity contribution in [1.29, 1.82) is 0 Å². The Morgan fingerprint density at radius 3 is 2.84 bits per heavy atom. The van der Waals surface area contributed by atoms with Crippen molar-refractivity contribution in [2.45, 2.75) is 18.9 Å². The van der Waals surface area contributed by atoms with Crippen LogP contribution in [0.3, 0.4) is 0 Å². The number of carbonyl (C=O) groups is 2. The highest BCUT2D eigenvalue weighted by Crippen LogP contribution is 2.13. The van der Waals surface area contributed by atoms with Gasteiger partial charge in [-0.15, -0.1) is 0 Å².